The molecule has 5 N–H and O–H groups in total. The number of thiazole rings is 1. The van der Waals surface area contributed by atoms with E-state index >= 15 is 0 Å². The van der Waals surface area contributed by atoms with Crippen LogP contribution in [0.15, 0.2) is 71.8 Å². The van der Waals surface area contributed by atoms with Crippen LogP contribution in [-0.2, 0) is 46.3 Å². The van der Waals surface area contributed by atoms with Crippen molar-refractivity contribution < 1.29 is 46.3 Å². The van der Waals surface area contributed by atoms with E-state index in [4.69, 9.17) is 23.9 Å². The lowest BCUT2D eigenvalue weighted by Gasteiger charge is -2.28. The summed E-state index contributed by atoms with van der Waals surface area (Å²) < 4.78 is 62.9. The first-order valence-electron chi connectivity index (χ1n) is 26.6. The van der Waals surface area contributed by atoms with Crippen LogP contribution in [0.1, 0.15) is 133 Å². The maximum atomic E-state index is 13.6. The van der Waals surface area contributed by atoms with E-state index in [-0.39, 0.29) is 54.2 Å². The van der Waals surface area contributed by atoms with Crippen LogP contribution in [0, 0.1) is 0 Å². The molecule has 3 aliphatic rings. The van der Waals surface area contributed by atoms with Crippen LogP contribution < -0.4 is 31.9 Å². The zero-order chi connectivity index (χ0) is 55.2. The monoisotopic (exact) mass is 1130 g/mol. The zero-order valence-electron chi connectivity index (χ0n) is 45.3. The average molecular weight is 1130 g/mol. The van der Waals surface area contributed by atoms with Crippen LogP contribution >= 0.6 is 29.8 Å². The molecule has 0 bridgehead atoms. The molecule has 1 saturated heterocycles. The number of nitrogens with zero attached hydrogens (tertiary/aromatic N) is 3. The Morgan fingerprint density at radius 1 is 0.727 bits per heavy atom. The summed E-state index contributed by atoms with van der Waals surface area (Å²) >= 11 is 3.01. The Morgan fingerprint density at radius 2 is 1.36 bits per heavy atom. The predicted octanol–water partition coefficient (Wildman–Crippen LogP) is 11.1. The van der Waals surface area contributed by atoms with E-state index in [2.05, 4.69) is 36.8 Å². The number of urea groups is 1. The molecule has 22 heteroatoms. The first-order chi connectivity index (χ1) is 36.6. The highest BCUT2D eigenvalue weighted by Crippen LogP contribution is 2.44. The van der Waals surface area contributed by atoms with Crippen molar-refractivity contribution in [3.05, 3.63) is 88.0 Å². The normalized spacial score (nSPS) is 21.1. The lowest BCUT2D eigenvalue weighted by molar-refractivity contribution is 0.00791. The van der Waals surface area contributed by atoms with Crippen molar-refractivity contribution >= 4 is 74.5 Å². The molecule has 3 atom stereocenters. The number of amides is 4. The van der Waals surface area contributed by atoms with Gasteiger partial charge in [-0.3, -0.25) is 10.6 Å². The van der Waals surface area contributed by atoms with Gasteiger partial charge in [-0.05, 0) is 155 Å². The fraction of sp³-hybridized carbons (Fsp3) is 0.527. The summed E-state index contributed by atoms with van der Waals surface area (Å²) in [7, 11) is -6.51. The van der Waals surface area contributed by atoms with Crippen molar-refractivity contribution in [1.82, 2.24) is 31.1 Å². The van der Waals surface area contributed by atoms with Gasteiger partial charge in [0.1, 0.15) is 23.3 Å². The SMILES string of the molecule is CC(C)OC(=O)Nc1ccc(-c2nnc(C3CCC(NC(=O)OC(C)Cc4ccc(CNC(=O)Nc5ccc(-c6cnc(C7CCC(NC8OC8OC(C)C)CC7)s6)c(P(C)(C)=O)c5)cc4)CC3)s2)c(S(=O)(=O)C(C)C)c1. The number of carbonyl (C=O) groups excluding carboxylic acids is 3. The van der Waals surface area contributed by atoms with Gasteiger partial charge in [0.15, 0.2) is 22.4 Å². The van der Waals surface area contributed by atoms with Gasteiger partial charge in [-0.1, -0.05) is 41.7 Å². The third kappa shape index (κ3) is 15.7. The van der Waals surface area contributed by atoms with E-state index in [9.17, 15) is 27.4 Å². The summed E-state index contributed by atoms with van der Waals surface area (Å²) in [5.41, 5.74) is 4.00. The number of rotatable bonds is 20. The molecule has 5 aromatic rings. The van der Waals surface area contributed by atoms with Crippen LogP contribution in [0.25, 0.3) is 21.0 Å². The fourth-order valence-corrected chi connectivity index (χ4v) is 14.5. The maximum Gasteiger partial charge on any atom is 0.411 e. The fourth-order valence-electron chi connectivity index (χ4n) is 9.72. The summed E-state index contributed by atoms with van der Waals surface area (Å²) in [6.07, 6.45) is 7.52. The van der Waals surface area contributed by atoms with Crippen LogP contribution in [-0.4, -0.2) is 103 Å². The van der Waals surface area contributed by atoms with Crippen molar-refractivity contribution in [2.45, 2.75) is 178 Å². The molecule has 416 valence electrons. The summed E-state index contributed by atoms with van der Waals surface area (Å²) in [6.45, 7) is 16.3. The van der Waals surface area contributed by atoms with E-state index in [1.807, 2.05) is 69.4 Å². The van der Waals surface area contributed by atoms with Gasteiger partial charge < -0.3 is 39.5 Å². The third-order valence-corrected chi connectivity index (χ3v) is 19.9. The van der Waals surface area contributed by atoms with Gasteiger partial charge >= 0.3 is 18.2 Å². The minimum atomic E-state index is -3.76. The van der Waals surface area contributed by atoms with Gasteiger partial charge in [-0.25, -0.2) is 27.8 Å². The molecule has 18 nitrogen and oxygen atoms in total. The Bertz CT molecular complexity index is 3020. The summed E-state index contributed by atoms with van der Waals surface area (Å²) in [6, 6.07) is 18.0. The minimum Gasteiger partial charge on any atom is -0.447 e. The summed E-state index contributed by atoms with van der Waals surface area (Å²) in [5, 5.41) is 26.3. The van der Waals surface area contributed by atoms with E-state index in [1.54, 1.807) is 64.5 Å². The second-order valence-corrected chi connectivity index (χ2v) is 29.3. The predicted molar refractivity (Wildman–Crippen MR) is 303 cm³/mol. The third-order valence-electron chi connectivity index (χ3n) is 13.8. The highest BCUT2D eigenvalue weighted by molar-refractivity contribution is 7.92. The smallest absolute Gasteiger partial charge is 0.411 e. The average Bonchev–Trinajstić information content (AvgIpc) is 3.68. The highest BCUT2D eigenvalue weighted by Gasteiger charge is 2.42. The molecule has 8 rings (SSSR count). The standard InChI is InChI=1S/C55H73N8O10PS3/c1-31(2)70-52-48(73-52)58-39-18-14-37(15-19-39)49-56-30-46(75-49)43-24-22-41(27-45(43)74(8,9)67)59-53(64)57-29-36-12-10-35(11-13-36)26-34(7)72-55(66)60-40-20-16-38(17-21-40)50-62-63-51(76-50)44-25-23-42(61-54(65)71-32(3)4)28-47(44)77(68,69)33(5)6/h10-13,22-25,27-28,30-34,37-40,48,52,58H,14-21,26,29H2,1-9H3,(H,60,66)(H,61,65)(H2,57,59,64). The largest absolute Gasteiger partial charge is 0.447 e. The van der Waals surface area contributed by atoms with Crippen LogP contribution in [0.2, 0.25) is 0 Å². The first kappa shape index (κ1) is 57.9. The highest BCUT2D eigenvalue weighted by atomic mass is 32.2. The number of anilines is 2. The molecule has 2 saturated carbocycles. The number of hydrogen-bond acceptors (Lipinski definition) is 16. The van der Waals surface area contributed by atoms with Gasteiger partial charge in [0.2, 0.25) is 0 Å². The molecule has 3 heterocycles. The van der Waals surface area contributed by atoms with Gasteiger partial charge in [-0.15, -0.1) is 21.5 Å². The molecule has 0 spiro atoms. The second kappa shape index (κ2) is 25.2. The second-order valence-electron chi connectivity index (χ2n) is 21.5. The molecule has 3 fully saturated rings. The van der Waals surface area contributed by atoms with E-state index in [0.29, 0.717) is 58.5 Å². The maximum absolute atomic E-state index is 13.6. The summed E-state index contributed by atoms with van der Waals surface area (Å²) in [4.78, 5) is 44.2. The number of hydrogen-bond donors (Lipinski definition) is 5. The Balaban J connectivity index is 0.759. The number of aromatic nitrogens is 3. The van der Waals surface area contributed by atoms with E-state index in [0.717, 1.165) is 70.1 Å². The van der Waals surface area contributed by atoms with Crippen LogP contribution in [0.3, 0.4) is 0 Å². The van der Waals surface area contributed by atoms with E-state index < -0.39 is 40.5 Å². The van der Waals surface area contributed by atoms with Crippen LogP contribution in [0.4, 0.5) is 25.8 Å². The molecule has 3 unspecified atom stereocenters. The van der Waals surface area contributed by atoms with E-state index in [1.165, 1.54) is 17.4 Å². The van der Waals surface area contributed by atoms with Gasteiger partial charge in [0, 0.05) is 70.9 Å². The zero-order valence-corrected chi connectivity index (χ0v) is 48.6. The number of alkyl carbamates (subject to hydrolysis) is 1. The number of benzene rings is 3. The number of sulfone groups is 1. The molecule has 4 amide bonds. The number of carbonyl (C=O) groups is 3. The first-order valence-corrected chi connectivity index (χ1v) is 32.4. The topological polar surface area (TPSA) is 241 Å². The van der Waals surface area contributed by atoms with Crippen LogP contribution in [0.5, 0.6) is 0 Å². The Labute approximate surface area is 460 Å². The summed E-state index contributed by atoms with van der Waals surface area (Å²) in [5.74, 6) is 0.466. The molecule has 3 aromatic carbocycles. The molecular formula is C55H73N8O10PS3. The molecule has 2 aromatic heterocycles. The molecule has 0 radical (unpaired) electrons. The Morgan fingerprint density at radius 3 is 2.01 bits per heavy atom. The lowest BCUT2D eigenvalue weighted by Crippen LogP contribution is -2.39. The van der Waals surface area contributed by atoms with Gasteiger partial charge in [0.25, 0.3) is 0 Å². The number of nitrogens with one attached hydrogen (secondary N) is 5. The van der Waals surface area contributed by atoms with Crippen molar-refractivity contribution in [2.24, 2.45) is 0 Å². The minimum absolute atomic E-state index is 0.0243. The molecular weight excluding hydrogens is 1060 g/mol. The van der Waals surface area contributed by atoms with Crippen molar-refractivity contribution in [1.29, 1.82) is 0 Å². The van der Waals surface area contributed by atoms with Gasteiger partial charge in [-0.2, -0.15) is 0 Å². The van der Waals surface area contributed by atoms with Crippen molar-refractivity contribution in [3.63, 3.8) is 0 Å². The Hall–Kier alpha value is -5.28. The molecule has 1 aliphatic heterocycles. The number of ether oxygens (including phenoxy) is 4. The lowest BCUT2D eigenvalue weighted by atomic mass is 9.86. The van der Waals surface area contributed by atoms with Crippen molar-refractivity contribution in [3.8, 4) is 21.0 Å². The number of epoxide rings is 1. The van der Waals surface area contributed by atoms with Crippen molar-refractivity contribution in [2.75, 3.05) is 24.0 Å². The molecule has 77 heavy (non-hydrogen) atoms. The molecule has 2 aliphatic carbocycles. The quantitative estimate of drug-likeness (QED) is 0.0360. The van der Waals surface area contributed by atoms with Gasteiger partial charge in [0.05, 0.1) is 32.2 Å². The Kier molecular flexibility index (Phi) is 19.0.